The normalized spacial score (nSPS) is 13.5. The first-order valence-electron chi connectivity index (χ1n) is 10.1. The molecule has 0 atom stereocenters. The van der Waals surface area contributed by atoms with Gasteiger partial charge in [-0.25, -0.2) is 0 Å². The fraction of sp³-hybridized carbons (Fsp3) is 0.250. The summed E-state index contributed by atoms with van der Waals surface area (Å²) in [5.74, 6) is 1.33. The maximum atomic E-state index is 12.3. The average Bonchev–Trinajstić information content (AvgIpc) is 3.34. The van der Waals surface area contributed by atoms with Crippen molar-refractivity contribution in [3.63, 3.8) is 0 Å². The van der Waals surface area contributed by atoms with E-state index in [1.54, 1.807) is 14.2 Å². The van der Waals surface area contributed by atoms with E-state index < -0.39 is 0 Å². The summed E-state index contributed by atoms with van der Waals surface area (Å²) >= 11 is 1.43. The van der Waals surface area contributed by atoms with Gasteiger partial charge in [0.05, 0.1) is 31.4 Å². The van der Waals surface area contributed by atoms with Crippen LogP contribution in [0.3, 0.4) is 0 Å². The molecule has 1 N–H and O–H groups in total. The van der Waals surface area contributed by atoms with Crippen LogP contribution in [-0.2, 0) is 6.54 Å². The lowest BCUT2D eigenvalue weighted by molar-refractivity contribution is 0.103. The van der Waals surface area contributed by atoms with Crippen LogP contribution in [0.2, 0.25) is 0 Å². The van der Waals surface area contributed by atoms with Crippen molar-refractivity contribution in [1.82, 2.24) is 5.01 Å². The van der Waals surface area contributed by atoms with E-state index in [1.807, 2.05) is 53.9 Å². The summed E-state index contributed by atoms with van der Waals surface area (Å²) in [5.41, 5.74) is 3.96. The van der Waals surface area contributed by atoms with Gasteiger partial charge in [0, 0.05) is 17.8 Å². The highest BCUT2D eigenvalue weighted by atomic mass is 32.1. The Morgan fingerprint density at radius 1 is 1.10 bits per heavy atom. The molecule has 2 aromatic carbocycles. The van der Waals surface area contributed by atoms with Crippen molar-refractivity contribution in [1.29, 1.82) is 0 Å². The molecule has 1 aliphatic rings. The van der Waals surface area contributed by atoms with Crippen LogP contribution < -0.4 is 14.8 Å². The van der Waals surface area contributed by atoms with Crippen molar-refractivity contribution in [2.24, 2.45) is 5.10 Å². The van der Waals surface area contributed by atoms with E-state index >= 15 is 0 Å². The van der Waals surface area contributed by atoms with E-state index in [0.29, 0.717) is 22.9 Å². The average molecular weight is 436 g/mol. The first kappa shape index (κ1) is 20.9. The van der Waals surface area contributed by atoms with Crippen LogP contribution in [0.15, 0.2) is 65.1 Å². The number of ether oxygens (including phenoxy) is 2. The minimum atomic E-state index is -0.0844. The van der Waals surface area contributed by atoms with Gasteiger partial charge < -0.3 is 14.8 Å². The lowest BCUT2D eigenvalue weighted by Crippen LogP contribution is -2.26. The van der Waals surface area contributed by atoms with Crippen LogP contribution in [0.5, 0.6) is 11.5 Å². The van der Waals surface area contributed by atoms with Gasteiger partial charge in [0.15, 0.2) is 11.5 Å². The number of hydrogen-bond acceptors (Lipinski definition) is 6. The van der Waals surface area contributed by atoms with Gasteiger partial charge in [-0.3, -0.25) is 9.80 Å². The number of thiophene rings is 1. The first-order chi connectivity index (χ1) is 15.2. The predicted molar refractivity (Wildman–Crippen MR) is 124 cm³/mol. The summed E-state index contributed by atoms with van der Waals surface area (Å²) in [6.07, 6.45) is 1.95. The molecule has 7 heteroatoms. The maximum absolute atomic E-state index is 12.3. The molecular weight excluding hydrogens is 410 g/mol. The molecule has 0 radical (unpaired) electrons. The minimum absolute atomic E-state index is 0.0844. The summed E-state index contributed by atoms with van der Waals surface area (Å²) in [7, 11) is 3.27. The molecule has 0 unspecified atom stereocenters. The van der Waals surface area contributed by atoms with Crippen molar-refractivity contribution in [2.45, 2.75) is 19.4 Å². The summed E-state index contributed by atoms with van der Waals surface area (Å²) in [5, 5.41) is 11.8. The second-order valence-corrected chi connectivity index (χ2v) is 8.19. The van der Waals surface area contributed by atoms with Crippen molar-refractivity contribution in [3.05, 3.63) is 76.0 Å². The van der Waals surface area contributed by atoms with Crippen molar-refractivity contribution in [3.8, 4) is 11.5 Å². The van der Waals surface area contributed by atoms with Gasteiger partial charge in [-0.15, -0.1) is 11.3 Å². The zero-order valence-electron chi connectivity index (χ0n) is 17.6. The number of carbonyl (C=O) groups excluding carboxylic acids is 1. The smallest absolute Gasteiger partial charge is 0.265 e. The Morgan fingerprint density at radius 3 is 2.74 bits per heavy atom. The predicted octanol–water partition coefficient (Wildman–Crippen LogP) is 5.02. The van der Waals surface area contributed by atoms with Crippen molar-refractivity contribution < 1.29 is 14.3 Å². The third kappa shape index (κ3) is 5.06. The van der Waals surface area contributed by atoms with Crippen LogP contribution in [0, 0.1) is 0 Å². The Bertz CT molecular complexity index is 1080. The van der Waals surface area contributed by atoms with E-state index in [2.05, 4.69) is 16.4 Å². The van der Waals surface area contributed by atoms with Gasteiger partial charge in [-0.05, 0) is 60.2 Å². The first-order valence-corrected chi connectivity index (χ1v) is 11.0. The summed E-state index contributed by atoms with van der Waals surface area (Å²) in [4.78, 5) is 13.0. The van der Waals surface area contributed by atoms with Crippen molar-refractivity contribution in [2.75, 3.05) is 26.1 Å². The number of carbonyl (C=O) groups is 1. The number of benzene rings is 2. The number of nitrogens with zero attached hydrogens (tertiary/aromatic N) is 2. The SMILES string of the molecule is COc1ccc(C2=NN(Cc3cccc(NC(=O)c4cccs4)c3)CCC2)cc1OC. The molecule has 2 heterocycles. The number of rotatable bonds is 7. The number of methoxy groups -OCH3 is 2. The molecule has 1 aromatic heterocycles. The molecule has 0 saturated heterocycles. The molecule has 6 nitrogen and oxygen atoms in total. The highest BCUT2D eigenvalue weighted by molar-refractivity contribution is 7.12. The Balaban J connectivity index is 1.47. The molecule has 4 rings (SSSR count). The maximum Gasteiger partial charge on any atom is 0.265 e. The van der Waals surface area contributed by atoms with Gasteiger partial charge in [0.25, 0.3) is 5.91 Å². The fourth-order valence-electron chi connectivity index (χ4n) is 3.59. The number of nitrogens with one attached hydrogen (secondary N) is 1. The highest BCUT2D eigenvalue weighted by Gasteiger charge is 2.16. The Morgan fingerprint density at radius 2 is 1.97 bits per heavy atom. The molecular formula is C24H25N3O3S. The van der Waals surface area contributed by atoms with Crippen LogP contribution in [0.25, 0.3) is 0 Å². The molecule has 1 aliphatic heterocycles. The number of hydrazone groups is 1. The van der Waals surface area contributed by atoms with Crippen LogP contribution >= 0.6 is 11.3 Å². The topological polar surface area (TPSA) is 63.2 Å². The van der Waals surface area contributed by atoms with Crippen LogP contribution in [0.1, 0.15) is 33.6 Å². The van der Waals surface area contributed by atoms with E-state index in [9.17, 15) is 4.79 Å². The summed E-state index contributed by atoms with van der Waals surface area (Å²) < 4.78 is 10.8. The third-order valence-electron chi connectivity index (χ3n) is 5.10. The van der Waals surface area contributed by atoms with Gasteiger partial charge in [0.1, 0.15) is 0 Å². The largest absolute Gasteiger partial charge is 0.493 e. The number of hydrogen-bond donors (Lipinski definition) is 1. The third-order valence-corrected chi connectivity index (χ3v) is 5.97. The van der Waals surface area contributed by atoms with E-state index in [-0.39, 0.29) is 5.91 Å². The molecule has 0 spiro atoms. The molecule has 31 heavy (non-hydrogen) atoms. The van der Waals surface area contributed by atoms with Gasteiger partial charge in [0.2, 0.25) is 0 Å². The molecule has 0 saturated carbocycles. The highest BCUT2D eigenvalue weighted by Crippen LogP contribution is 2.29. The molecule has 0 fully saturated rings. The molecule has 160 valence electrons. The number of amides is 1. The zero-order valence-corrected chi connectivity index (χ0v) is 18.4. The lowest BCUT2D eigenvalue weighted by atomic mass is 10.0. The second kappa shape index (κ2) is 9.66. The van der Waals surface area contributed by atoms with Crippen LogP contribution in [0.4, 0.5) is 5.69 Å². The Labute approximate surface area is 186 Å². The number of anilines is 1. The summed E-state index contributed by atoms with van der Waals surface area (Å²) in [6.45, 7) is 1.57. The Hall–Kier alpha value is -3.32. The minimum Gasteiger partial charge on any atom is -0.493 e. The van der Waals surface area contributed by atoms with E-state index in [4.69, 9.17) is 14.6 Å². The van der Waals surface area contributed by atoms with Gasteiger partial charge in [-0.2, -0.15) is 5.10 Å². The van der Waals surface area contributed by atoms with E-state index in [0.717, 1.165) is 41.9 Å². The fourth-order valence-corrected chi connectivity index (χ4v) is 4.21. The van der Waals surface area contributed by atoms with Crippen molar-refractivity contribution >= 4 is 28.6 Å². The quantitative estimate of drug-likeness (QED) is 0.566. The monoisotopic (exact) mass is 435 g/mol. The molecule has 3 aromatic rings. The second-order valence-electron chi connectivity index (χ2n) is 7.24. The summed E-state index contributed by atoms with van der Waals surface area (Å²) in [6, 6.07) is 17.5. The lowest BCUT2D eigenvalue weighted by Gasteiger charge is -2.26. The van der Waals surface area contributed by atoms with Crippen LogP contribution in [-0.4, -0.2) is 37.4 Å². The van der Waals surface area contributed by atoms with E-state index in [1.165, 1.54) is 11.3 Å². The molecule has 0 bridgehead atoms. The van der Waals surface area contributed by atoms with Gasteiger partial charge in [-0.1, -0.05) is 18.2 Å². The zero-order chi connectivity index (χ0) is 21.6. The molecule has 1 amide bonds. The molecule has 0 aliphatic carbocycles. The van der Waals surface area contributed by atoms with Gasteiger partial charge >= 0.3 is 0 Å². The standard InChI is InChI=1S/C24H25N3O3S/c1-29-21-11-10-18(15-22(21)30-2)20-8-4-12-27(26-20)16-17-6-3-7-19(14-17)25-24(28)23-9-5-13-31-23/h3,5-7,9-11,13-15H,4,8,12,16H2,1-2H3,(H,25,28). The Kier molecular flexibility index (Phi) is 6.52.